The highest BCUT2D eigenvalue weighted by atomic mass is 15.2. The molecule has 0 saturated carbocycles. The molecule has 3 aromatic rings. The van der Waals surface area contributed by atoms with E-state index in [1.54, 1.807) is 0 Å². The van der Waals surface area contributed by atoms with Gasteiger partial charge in [0.25, 0.3) is 0 Å². The average molecular weight is 291 g/mol. The zero-order valence-corrected chi connectivity index (χ0v) is 12.4. The summed E-state index contributed by atoms with van der Waals surface area (Å²) in [5, 5.41) is 2.35. The number of benzene rings is 2. The standard InChI is InChI=1S/C18H18N4/c1-2-6-14(7-3-1)17-18(22-12-10-19-11-13-22)21-16-9-5-4-8-15(16)20-17/h1-9,19H,10-13H2/p+1. The second-order valence-corrected chi connectivity index (χ2v) is 5.60. The van der Waals surface area contributed by atoms with E-state index in [1.165, 1.54) is 0 Å². The summed E-state index contributed by atoms with van der Waals surface area (Å²) in [6.45, 7) is 4.27. The van der Waals surface area contributed by atoms with E-state index < -0.39 is 0 Å². The van der Waals surface area contributed by atoms with Crippen molar-refractivity contribution in [2.75, 3.05) is 31.1 Å². The quantitative estimate of drug-likeness (QED) is 0.781. The SMILES string of the molecule is c1ccc(-c2nc3ccccc3nc2N2CC[NH2+]CC2)cc1. The Morgan fingerprint density at radius 3 is 2.14 bits per heavy atom. The van der Waals surface area contributed by atoms with Crippen LogP contribution < -0.4 is 10.2 Å². The van der Waals surface area contributed by atoms with Crippen LogP contribution >= 0.6 is 0 Å². The smallest absolute Gasteiger partial charge is 0.156 e. The third kappa shape index (κ3) is 2.42. The number of fused-ring (bicyclic) bond motifs is 1. The number of nitrogens with two attached hydrogens (primary N) is 1. The van der Waals surface area contributed by atoms with E-state index >= 15 is 0 Å². The first-order valence-corrected chi connectivity index (χ1v) is 7.81. The lowest BCUT2D eigenvalue weighted by atomic mass is 10.1. The molecule has 22 heavy (non-hydrogen) atoms. The molecule has 4 nitrogen and oxygen atoms in total. The molecule has 1 saturated heterocycles. The number of aromatic nitrogens is 2. The van der Waals surface area contributed by atoms with E-state index in [0.29, 0.717) is 0 Å². The molecule has 4 rings (SSSR count). The van der Waals surface area contributed by atoms with Crippen molar-refractivity contribution in [3.8, 4) is 11.3 Å². The number of nitrogens with zero attached hydrogens (tertiary/aromatic N) is 3. The van der Waals surface area contributed by atoms with E-state index in [-0.39, 0.29) is 0 Å². The van der Waals surface area contributed by atoms with Crippen molar-refractivity contribution in [2.24, 2.45) is 0 Å². The summed E-state index contributed by atoms with van der Waals surface area (Å²) >= 11 is 0. The Morgan fingerprint density at radius 2 is 1.41 bits per heavy atom. The maximum absolute atomic E-state index is 4.92. The topological polar surface area (TPSA) is 45.6 Å². The van der Waals surface area contributed by atoms with Gasteiger partial charge in [0.15, 0.2) is 5.82 Å². The van der Waals surface area contributed by atoms with Crippen LogP contribution in [0.25, 0.3) is 22.3 Å². The average Bonchev–Trinajstić information content (AvgIpc) is 2.62. The Morgan fingerprint density at radius 1 is 0.773 bits per heavy atom. The van der Waals surface area contributed by atoms with Crippen molar-refractivity contribution in [3.63, 3.8) is 0 Å². The lowest BCUT2D eigenvalue weighted by Crippen LogP contribution is -2.89. The summed E-state index contributed by atoms with van der Waals surface area (Å²) in [5.74, 6) is 1.01. The molecule has 1 fully saturated rings. The fraction of sp³-hybridized carbons (Fsp3) is 0.222. The van der Waals surface area contributed by atoms with Crippen LogP contribution in [-0.2, 0) is 0 Å². The van der Waals surface area contributed by atoms with Crippen LogP contribution in [0.4, 0.5) is 5.82 Å². The van der Waals surface area contributed by atoms with Crippen molar-refractivity contribution < 1.29 is 5.32 Å². The fourth-order valence-corrected chi connectivity index (χ4v) is 2.96. The molecule has 0 amide bonds. The molecule has 0 atom stereocenters. The van der Waals surface area contributed by atoms with Crippen molar-refractivity contribution >= 4 is 16.9 Å². The number of anilines is 1. The van der Waals surface area contributed by atoms with Gasteiger partial charge in [-0.25, -0.2) is 9.97 Å². The zero-order valence-electron chi connectivity index (χ0n) is 12.4. The van der Waals surface area contributed by atoms with Gasteiger partial charge in [0.1, 0.15) is 5.69 Å². The first-order chi connectivity index (χ1) is 10.9. The van der Waals surface area contributed by atoms with Crippen LogP contribution in [-0.4, -0.2) is 36.1 Å². The molecule has 1 aliphatic heterocycles. The van der Waals surface area contributed by atoms with Gasteiger partial charge in [-0.2, -0.15) is 0 Å². The van der Waals surface area contributed by atoms with Gasteiger partial charge in [-0.05, 0) is 12.1 Å². The van der Waals surface area contributed by atoms with Gasteiger partial charge in [-0.15, -0.1) is 0 Å². The van der Waals surface area contributed by atoms with Gasteiger partial charge in [0, 0.05) is 5.56 Å². The monoisotopic (exact) mass is 291 g/mol. The highest BCUT2D eigenvalue weighted by Gasteiger charge is 2.20. The minimum absolute atomic E-state index is 0.952. The number of rotatable bonds is 2. The number of hydrogen-bond acceptors (Lipinski definition) is 3. The molecule has 0 aliphatic carbocycles. The molecule has 2 N–H and O–H groups in total. The van der Waals surface area contributed by atoms with Crippen LogP contribution in [0.15, 0.2) is 54.6 Å². The summed E-state index contributed by atoms with van der Waals surface area (Å²) in [4.78, 5) is 12.2. The molecule has 0 radical (unpaired) electrons. The molecule has 0 bridgehead atoms. The van der Waals surface area contributed by atoms with Gasteiger partial charge in [0.2, 0.25) is 0 Å². The Kier molecular flexibility index (Phi) is 3.45. The molecule has 0 unspecified atom stereocenters. The first-order valence-electron chi connectivity index (χ1n) is 7.81. The molecule has 2 heterocycles. The van der Waals surface area contributed by atoms with Crippen molar-refractivity contribution in [1.82, 2.24) is 9.97 Å². The van der Waals surface area contributed by atoms with Gasteiger partial charge < -0.3 is 10.2 Å². The Labute approximate surface area is 129 Å². The van der Waals surface area contributed by atoms with Crippen LogP contribution in [0.5, 0.6) is 0 Å². The lowest BCUT2D eigenvalue weighted by Gasteiger charge is -2.28. The summed E-state index contributed by atoms with van der Waals surface area (Å²) < 4.78 is 0. The summed E-state index contributed by atoms with van der Waals surface area (Å²) in [6.07, 6.45) is 0. The Balaban J connectivity index is 1.91. The van der Waals surface area contributed by atoms with Crippen molar-refractivity contribution in [1.29, 1.82) is 0 Å². The highest BCUT2D eigenvalue weighted by Crippen LogP contribution is 2.29. The predicted molar refractivity (Wildman–Crippen MR) is 88.8 cm³/mol. The number of hydrogen-bond donors (Lipinski definition) is 1. The molecule has 2 aromatic carbocycles. The highest BCUT2D eigenvalue weighted by molar-refractivity contribution is 5.83. The molecule has 110 valence electrons. The van der Waals surface area contributed by atoms with Gasteiger partial charge >= 0.3 is 0 Å². The summed E-state index contributed by atoms with van der Waals surface area (Å²) in [7, 11) is 0. The number of para-hydroxylation sites is 2. The minimum atomic E-state index is 0.952. The largest absolute Gasteiger partial charge is 0.343 e. The Hall–Kier alpha value is -2.46. The van der Waals surface area contributed by atoms with E-state index in [2.05, 4.69) is 34.5 Å². The van der Waals surface area contributed by atoms with Crippen molar-refractivity contribution in [2.45, 2.75) is 0 Å². The molecular weight excluding hydrogens is 272 g/mol. The van der Waals surface area contributed by atoms with Crippen LogP contribution in [0.2, 0.25) is 0 Å². The van der Waals surface area contributed by atoms with Crippen LogP contribution in [0.1, 0.15) is 0 Å². The zero-order chi connectivity index (χ0) is 14.8. The minimum Gasteiger partial charge on any atom is -0.343 e. The van der Waals surface area contributed by atoms with E-state index in [1.807, 2.05) is 30.3 Å². The third-order valence-corrected chi connectivity index (χ3v) is 4.11. The lowest BCUT2D eigenvalue weighted by molar-refractivity contribution is -0.655. The fourth-order valence-electron chi connectivity index (χ4n) is 2.96. The predicted octanol–water partition coefficient (Wildman–Crippen LogP) is 1.68. The Bertz CT molecular complexity index is 779. The molecule has 1 aliphatic rings. The second kappa shape index (κ2) is 5.73. The summed E-state index contributed by atoms with van der Waals surface area (Å²) in [5.41, 5.74) is 4.03. The van der Waals surface area contributed by atoms with Crippen LogP contribution in [0, 0.1) is 0 Å². The second-order valence-electron chi connectivity index (χ2n) is 5.60. The van der Waals surface area contributed by atoms with Gasteiger partial charge in [-0.3, -0.25) is 0 Å². The van der Waals surface area contributed by atoms with Gasteiger partial charge in [-0.1, -0.05) is 42.5 Å². The van der Waals surface area contributed by atoms with Gasteiger partial charge in [0.05, 0.1) is 37.2 Å². The molecular formula is C18H19N4+. The molecule has 4 heteroatoms. The number of quaternary nitrogens is 1. The maximum Gasteiger partial charge on any atom is 0.156 e. The van der Waals surface area contributed by atoms with Crippen LogP contribution in [0.3, 0.4) is 0 Å². The number of piperazine rings is 1. The third-order valence-electron chi connectivity index (χ3n) is 4.11. The van der Waals surface area contributed by atoms with E-state index in [0.717, 1.165) is 54.3 Å². The molecule has 0 spiro atoms. The van der Waals surface area contributed by atoms with E-state index in [9.17, 15) is 0 Å². The molecule has 1 aromatic heterocycles. The summed E-state index contributed by atoms with van der Waals surface area (Å²) in [6, 6.07) is 18.5. The maximum atomic E-state index is 4.92. The van der Waals surface area contributed by atoms with Crippen molar-refractivity contribution in [3.05, 3.63) is 54.6 Å². The normalized spacial score (nSPS) is 15.2. The first kappa shape index (κ1) is 13.2. The van der Waals surface area contributed by atoms with E-state index in [4.69, 9.17) is 9.97 Å².